The van der Waals surface area contributed by atoms with Crippen LogP contribution in [0.15, 0.2) is 0 Å². The van der Waals surface area contributed by atoms with Crippen LogP contribution in [0, 0.1) is 0 Å². The van der Waals surface area contributed by atoms with E-state index in [4.69, 9.17) is 5.21 Å². The summed E-state index contributed by atoms with van der Waals surface area (Å²) >= 11 is 0. The predicted octanol–water partition coefficient (Wildman–Crippen LogP) is -0.250. The van der Waals surface area contributed by atoms with Crippen molar-refractivity contribution in [2.24, 2.45) is 0 Å². The third kappa shape index (κ3) is 0.816. The molecule has 0 saturated carbocycles. The summed E-state index contributed by atoms with van der Waals surface area (Å²) < 4.78 is 1.97. The molecule has 0 aromatic rings. The number of likely N-dealkylation sites (N-methyl/N-ethyl adjacent to an activating group) is 1. The average Bonchev–Trinajstić information content (AvgIpc) is 1.85. The Balaban J connectivity index is 2.59. The normalized spacial score (nSPS) is 28.6. The Morgan fingerprint density at radius 2 is 2.50 bits per heavy atom. The quantitative estimate of drug-likeness (QED) is 0.441. The molecule has 1 atom stereocenters. The van der Waals surface area contributed by atoms with Gasteiger partial charge in [0.2, 0.25) is 0 Å². The van der Waals surface area contributed by atoms with Crippen LogP contribution in [0.1, 0.15) is 6.92 Å². The van der Waals surface area contributed by atoms with Gasteiger partial charge in [0, 0.05) is 0 Å². The van der Waals surface area contributed by atoms with Gasteiger partial charge in [-0.05, 0) is 6.92 Å². The Labute approximate surface area is 48.8 Å². The fourth-order valence-electron chi connectivity index (χ4n) is 0.771. The van der Waals surface area contributed by atoms with Crippen LogP contribution in [-0.4, -0.2) is 40.8 Å². The van der Waals surface area contributed by atoms with Crippen LogP contribution in [0.4, 0.5) is 0 Å². The first-order valence-electron chi connectivity index (χ1n) is 2.72. The Bertz CT molecular complexity index is 122. The molecule has 0 fully saturated rings. The fourth-order valence-corrected chi connectivity index (χ4v) is 0.771. The van der Waals surface area contributed by atoms with E-state index in [9.17, 15) is 0 Å². The Morgan fingerprint density at radius 3 is 2.62 bits per heavy atom. The van der Waals surface area contributed by atoms with Gasteiger partial charge in [0.25, 0.3) is 6.34 Å². The highest BCUT2D eigenvalue weighted by atomic mass is 16.5. The minimum atomic E-state index is 0.444. The van der Waals surface area contributed by atoms with Crippen LogP contribution >= 0.6 is 0 Å². The molecule has 0 amide bonds. The van der Waals surface area contributed by atoms with E-state index >= 15 is 0 Å². The molecule has 0 aromatic carbocycles. The molecule has 0 radical (unpaired) electrons. The summed E-state index contributed by atoms with van der Waals surface area (Å²) in [6.45, 7) is 2.78. The fraction of sp³-hybridized carbons (Fsp3) is 0.800. The summed E-state index contributed by atoms with van der Waals surface area (Å²) in [5.74, 6) is 0. The zero-order chi connectivity index (χ0) is 6.15. The zero-order valence-electron chi connectivity index (χ0n) is 5.20. The molecule has 0 spiro atoms. The molecule has 1 heterocycles. The third-order valence-corrected chi connectivity index (χ3v) is 1.46. The molecule has 1 aliphatic rings. The van der Waals surface area contributed by atoms with Gasteiger partial charge in [-0.25, -0.2) is 5.21 Å². The summed E-state index contributed by atoms with van der Waals surface area (Å²) in [7, 11) is 1.95. The molecule has 1 rings (SSSR count). The number of hydrogen-bond acceptors (Lipinski definition) is 2. The molecule has 3 nitrogen and oxygen atoms in total. The van der Waals surface area contributed by atoms with E-state index in [-0.39, 0.29) is 0 Å². The van der Waals surface area contributed by atoms with Crippen molar-refractivity contribution in [1.29, 1.82) is 0 Å². The second-order valence-electron chi connectivity index (χ2n) is 2.25. The summed E-state index contributed by atoms with van der Waals surface area (Å²) in [5.41, 5.74) is 0. The lowest BCUT2D eigenvalue weighted by Gasteiger charge is -1.96. The lowest BCUT2D eigenvalue weighted by atomic mass is 10.4. The molecule has 0 aromatic heterocycles. The highest BCUT2D eigenvalue weighted by Crippen LogP contribution is 1.96. The minimum absolute atomic E-state index is 0.444. The van der Waals surface area contributed by atoms with Crippen molar-refractivity contribution in [1.82, 2.24) is 5.06 Å². The largest absolute Gasteiger partial charge is 0.264 e. The van der Waals surface area contributed by atoms with E-state index in [1.165, 1.54) is 5.06 Å². The first-order chi connectivity index (χ1) is 3.70. The molecule has 1 N–H and O–H groups in total. The van der Waals surface area contributed by atoms with Gasteiger partial charge in [-0.15, -0.1) is 5.06 Å². The van der Waals surface area contributed by atoms with Crippen LogP contribution in [0.3, 0.4) is 0 Å². The van der Waals surface area contributed by atoms with E-state index in [0.29, 0.717) is 6.04 Å². The standard InChI is InChI=1S/C5H11N2O/c1-5-3-7(8)4-6(5)2/h4-5,8H,3H2,1-2H3/q+1. The van der Waals surface area contributed by atoms with Crippen LogP contribution in [0.5, 0.6) is 0 Å². The molecule has 0 bridgehead atoms. The topological polar surface area (TPSA) is 26.5 Å². The summed E-state index contributed by atoms with van der Waals surface area (Å²) in [6.07, 6.45) is 1.69. The summed E-state index contributed by atoms with van der Waals surface area (Å²) in [6, 6.07) is 0.444. The van der Waals surface area contributed by atoms with Crippen molar-refractivity contribution in [3.63, 3.8) is 0 Å². The number of nitrogens with zero attached hydrogens (tertiary/aromatic N) is 2. The first kappa shape index (κ1) is 5.56. The van der Waals surface area contributed by atoms with E-state index in [1.807, 2.05) is 11.6 Å². The highest BCUT2D eigenvalue weighted by Gasteiger charge is 2.22. The van der Waals surface area contributed by atoms with Crippen LogP contribution in [0.2, 0.25) is 0 Å². The molecule has 8 heavy (non-hydrogen) atoms. The second kappa shape index (κ2) is 1.74. The van der Waals surface area contributed by atoms with Crippen molar-refractivity contribution < 1.29 is 9.78 Å². The van der Waals surface area contributed by atoms with Gasteiger partial charge in [0.05, 0.1) is 7.05 Å². The van der Waals surface area contributed by atoms with Crippen molar-refractivity contribution >= 4 is 6.34 Å². The van der Waals surface area contributed by atoms with Gasteiger partial charge >= 0.3 is 0 Å². The Kier molecular flexibility index (Phi) is 1.21. The summed E-state index contributed by atoms with van der Waals surface area (Å²) in [4.78, 5) is 0. The smallest absolute Gasteiger partial charge is 0.262 e. The van der Waals surface area contributed by atoms with Crippen LogP contribution < -0.4 is 0 Å². The van der Waals surface area contributed by atoms with Gasteiger partial charge in [0.15, 0.2) is 6.54 Å². The molecule has 3 heteroatoms. The number of rotatable bonds is 0. The SMILES string of the molecule is CC1CN(O)C=[N+]1C. The van der Waals surface area contributed by atoms with E-state index < -0.39 is 0 Å². The highest BCUT2D eigenvalue weighted by molar-refractivity contribution is 5.48. The van der Waals surface area contributed by atoms with Crippen molar-refractivity contribution in [2.75, 3.05) is 13.6 Å². The van der Waals surface area contributed by atoms with Gasteiger partial charge in [0.1, 0.15) is 6.04 Å². The zero-order valence-corrected chi connectivity index (χ0v) is 5.20. The molecular formula is C5H11N2O+. The maximum absolute atomic E-state index is 8.81. The maximum atomic E-state index is 8.81. The van der Waals surface area contributed by atoms with Crippen molar-refractivity contribution in [2.45, 2.75) is 13.0 Å². The van der Waals surface area contributed by atoms with Crippen molar-refractivity contribution in [3.8, 4) is 0 Å². The van der Waals surface area contributed by atoms with Crippen LogP contribution in [-0.2, 0) is 0 Å². The molecule has 46 valence electrons. The van der Waals surface area contributed by atoms with Gasteiger partial charge < -0.3 is 0 Å². The van der Waals surface area contributed by atoms with E-state index in [2.05, 4.69) is 6.92 Å². The molecule has 1 unspecified atom stereocenters. The summed E-state index contributed by atoms with van der Waals surface area (Å²) in [5, 5.41) is 10.0. The number of hydroxylamine groups is 2. The first-order valence-corrected chi connectivity index (χ1v) is 2.72. The predicted molar refractivity (Wildman–Crippen MR) is 30.2 cm³/mol. The Morgan fingerprint density at radius 1 is 1.88 bits per heavy atom. The lowest BCUT2D eigenvalue weighted by molar-refractivity contribution is -0.518. The van der Waals surface area contributed by atoms with E-state index in [0.717, 1.165) is 6.54 Å². The second-order valence-corrected chi connectivity index (χ2v) is 2.25. The molecule has 0 saturated heterocycles. The van der Waals surface area contributed by atoms with Crippen LogP contribution in [0.25, 0.3) is 0 Å². The van der Waals surface area contributed by atoms with Gasteiger partial charge in [-0.1, -0.05) is 0 Å². The minimum Gasteiger partial charge on any atom is -0.262 e. The van der Waals surface area contributed by atoms with Crippen molar-refractivity contribution in [3.05, 3.63) is 0 Å². The molecule has 0 aliphatic carbocycles. The average molecular weight is 115 g/mol. The molecular weight excluding hydrogens is 104 g/mol. The lowest BCUT2D eigenvalue weighted by Crippen LogP contribution is -2.19. The van der Waals surface area contributed by atoms with E-state index in [1.54, 1.807) is 6.34 Å². The maximum Gasteiger partial charge on any atom is 0.264 e. The monoisotopic (exact) mass is 115 g/mol. The third-order valence-electron chi connectivity index (χ3n) is 1.46. The number of hydrogen-bond donors (Lipinski definition) is 1. The Hall–Kier alpha value is -0.570. The van der Waals surface area contributed by atoms with Gasteiger partial charge in [-0.2, -0.15) is 0 Å². The van der Waals surface area contributed by atoms with Gasteiger partial charge in [-0.3, -0.25) is 4.58 Å². The molecule has 1 aliphatic heterocycles.